The van der Waals surface area contributed by atoms with Crippen molar-refractivity contribution in [3.63, 3.8) is 0 Å². The van der Waals surface area contributed by atoms with Crippen molar-refractivity contribution < 1.29 is 0 Å². The van der Waals surface area contributed by atoms with Crippen LogP contribution in [0.25, 0.3) is 0 Å². The topological polar surface area (TPSA) is 31.7 Å². The van der Waals surface area contributed by atoms with Gasteiger partial charge in [0.15, 0.2) is 5.17 Å². The second kappa shape index (κ2) is 6.62. The largest absolute Gasteiger partial charge is 0.372 e. The number of benzene rings is 1. The van der Waals surface area contributed by atoms with Crippen LogP contribution in [-0.2, 0) is 0 Å². The number of aliphatic imine (C=N–C) groups is 1. The Morgan fingerprint density at radius 2 is 1.85 bits per heavy atom. The number of rotatable bonds is 3. The van der Waals surface area contributed by atoms with Crippen molar-refractivity contribution in [2.45, 2.75) is 37.1 Å². The Hall–Kier alpha value is -2.01. The van der Waals surface area contributed by atoms with E-state index in [4.69, 9.17) is 4.99 Å². The molecule has 4 nitrogen and oxygen atoms in total. The zero-order valence-corrected chi connectivity index (χ0v) is 15.9. The summed E-state index contributed by atoms with van der Waals surface area (Å²) in [6.45, 7) is 5.72. The lowest BCUT2D eigenvalue weighted by atomic mass is 9.96. The fourth-order valence-electron chi connectivity index (χ4n) is 4.34. The van der Waals surface area contributed by atoms with Gasteiger partial charge >= 0.3 is 0 Å². The molecule has 2 fully saturated rings. The highest BCUT2D eigenvalue weighted by atomic mass is 32.2. The Kier molecular flexibility index (Phi) is 4.12. The van der Waals surface area contributed by atoms with E-state index < -0.39 is 0 Å². The van der Waals surface area contributed by atoms with Crippen molar-refractivity contribution in [2.75, 3.05) is 24.5 Å². The second-order valence-corrected chi connectivity index (χ2v) is 8.83. The summed E-state index contributed by atoms with van der Waals surface area (Å²) in [6, 6.07) is 15.7. The van der Waals surface area contributed by atoms with E-state index in [-0.39, 0.29) is 12.1 Å². The van der Waals surface area contributed by atoms with Crippen LogP contribution < -0.4 is 4.90 Å². The average molecular weight is 365 g/mol. The summed E-state index contributed by atoms with van der Waals surface area (Å²) in [5.41, 5.74) is 3.76. The minimum atomic E-state index is 0.0869. The zero-order chi connectivity index (χ0) is 17.5. The SMILES string of the molecule is C[C@@H]1CN2C(=N[C@H](c3ccccn3)[C@H]2c2ccc(N3CCCC3)cc2)S1. The fraction of sp³-hybridized carbons (Fsp3) is 0.429. The molecule has 0 N–H and O–H groups in total. The summed E-state index contributed by atoms with van der Waals surface area (Å²) >= 11 is 1.90. The van der Waals surface area contributed by atoms with E-state index in [1.54, 1.807) is 0 Å². The summed E-state index contributed by atoms with van der Waals surface area (Å²) in [6.07, 6.45) is 4.50. The van der Waals surface area contributed by atoms with Gasteiger partial charge in [0.2, 0.25) is 0 Å². The van der Waals surface area contributed by atoms with Crippen LogP contribution >= 0.6 is 11.8 Å². The molecular weight excluding hydrogens is 340 g/mol. The Labute approximate surface area is 159 Å². The molecule has 2 aromatic rings. The fourth-order valence-corrected chi connectivity index (χ4v) is 5.43. The first-order chi connectivity index (χ1) is 12.8. The summed E-state index contributed by atoms with van der Waals surface area (Å²) in [5, 5.41) is 1.78. The molecule has 26 heavy (non-hydrogen) atoms. The third-order valence-electron chi connectivity index (χ3n) is 5.59. The molecule has 5 heteroatoms. The molecule has 0 saturated carbocycles. The molecule has 1 aromatic carbocycles. The number of thioether (sulfide) groups is 1. The second-order valence-electron chi connectivity index (χ2n) is 7.42. The zero-order valence-electron chi connectivity index (χ0n) is 15.1. The highest BCUT2D eigenvalue weighted by Crippen LogP contribution is 2.47. The Balaban J connectivity index is 1.48. The molecule has 0 radical (unpaired) electrons. The quantitative estimate of drug-likeness (QED) is 0.814. The van der Waals surface area contributed by atoms with Crippen LogP contribution in [0.2, 0.25) is 0 Å². The molecular formula is C21H24N4S. The molecule has 0 bridgehead atoms. The molecule has 5 rings (SSSR count). The summed E-state index contributed by atoms with van der Waals surface area (Å²) in [4.78, 5) is 14.6. The van der Waals surface area contributed by atoms with Gasteiger partial charge < -0.3 is 9.80 Å². The van der Waals surface area contributed by atoms with Gasteiger partial charge in [0.05, 0.1) is 11.7 Å². The predicted molar refractivity (Wildman–Crippen MR) is 109 cm³/mol. The van der Waals surface area contributed by atoms with Gasteiger partial charge in [-0.25, -0.2) is 0 Å². The van der Waals surface area contributed by atoms with Crippen molar-refractivity contribution >= 4 is 22.6 Å². The molecule has 1 aromatic heterocycles. The normalized spacial score (nSPS) is 27.7. The van der Waals surface area contributed by atoms with Gasteiger partial charge in [0, 0.05) is 36.8 Å². The number of aromatic nitrogens is 1. The van der Waals surface area contributed by atoms with E-state index >= 15 is 0 Å². The third kappa shape index (κ3) is 2.78. The molecule has 3 atom stereocenters. The van der Waals surface area contributed by atoms with Crippen LogP contribution in [0, 0.1) is 0 Å². The molecule has 0 spiro atoms. The van der Waals surface area contributed by atoms with Gasteiger partial charge in [0.25, 0.3) is 0 Å². The number of amidine groups is 1. The molecule has 4 heterocycles. The van der Waals surface area contributed by atoms with Gasteiger partial charge in [-0.2, -0.15) is 0 Å². The Morgan fingerprint density at radius 1 is 1.04 bits per heavy atom. The molecule has 0 unspecified atom stereocenters. The maximum absolute atomic E-state index is 5.06. The number of anilines is 1. The predicted octanol–water partition coefficient (Wildman–Crippen LogP) is 4.27. The van der Waals surface area contributed by atoms with Crippen LogP contribution in [0.1, 0.15) is 43.1 Å². The Bertz CT molecular complexity index is 799. The van der Waals surface area contributed by atoms with Gasteiger partial charge in [-0.3, -0.25) is 9.98 Å². The standard InChI is InChI=1S/C21H24N4S/c1-15-14-25-20(16-7-9-17(10-8-16)24-12-4-5-13-24)19(23-21(25)26-15)18-6-2-3-11-22-18/h2-3,6-11,15,19-20H,4-5,12-14H2,1H3/t15-,19-,20-/m1/s1. The van der Waals surface area contributed by atoms with E-state index in [9.17, 15) is 0 Å². The first-order valence-corrected chi connectivity index (χ1v) is 10.4. The van der Waals surface area contributed by atoms with Gasteiger partial charge in [-0.1, -0.05) is 36.9 Å². The molecule has 134 valence electrons. The highest BCUT2D eigenvalue weighted by molar-refractivity contribution is 8.14. The third-order valence-corrected chi connectivity index (χ3v) is 6.69. The van der Waals surface area contributed by atoms with Crippen LogP contribution in [-0.4, -0.2) is 39.9 Å². The summed E-state index contributed by atoms with van der Waals surface area (Å²) in [7, 11) is 0. The number of fused-ring (bicyclic) bond motifs is 1. The molecule has 3 aliphatic heterocycles. The first kappa shape index (κ1) is 16.2. The number of hydrogen-bond acceptors (Lipinski definition) is 5. The van der Waals surface area contributed by atoms with Crippen molar-refractivity contribution in [3.8, 4) is 0 Å². The Morgan fingerprint density at radius 3 is 2.58 bits per heavy atom. The lowest BCUT2D eigenvalue weighted by molar-refractivity contribution is 0.321. The van der Waals surface area contributed by atoms with Gasteiger partial charge in [0.1, 0.15) is 6.04 Å². The first-order valence-electron chi connectivity index (χ1n) is 9.56. The van der Waals surface area contributed by atoms with Crippen LogP contribution in [0.15, 0.2) is 53.7 Å². The van der Waals surface area contributed by atoms with E-state index in [0.717, 1.165) is 12.2 Å². The number of nitrogens with zero attached hydrogens (tertiary/aromatic N) is 4. The maximum atomic E-state index is 5.06. The van der Waals surface area contributed by atoms with Crippen LogP contribution in [0.4, 0.5) is 5.69 Å². The monoisotopic (exact) mass is 364 g/mol. The van der Waals surface area contributed by atoms with E-state index in [0.29, 0.717) is 5.25 Å². The minimum Gasteiger partial charge on any atom is -0.372 e. The molecule has 0 amide bonds. The minimum absolute atomic E-state index is 0.0869. The van der Waals surface area contributed by atoms with Gasteiger partial charge in [-0.05, 0) is 42.7 Å². The number of pyridine rings is 1. The molecule has 0 aliphatic carbocycles. The van der Waals surface area contributed by atoms with E-state index in [2.05, 4.69) is 58.1 Å². The van der Waals surface area contributed by atoms with Crippen molar-refractivity contribution in [1.29, 1.82) is 0 Å². The van der Waals surface area contributed by atoms with Crippen LogP contribution in [0.3, 0.4) is 0 Å². The maximum Gasteiger partial charge on any atom is 0.160 e. The highest BCUT2D eigenvalue weighted by Gasteiger charge is 2.43. The molecule has 2 saturated heterocycles. The van der Waals surface area contributed by atoms with E-state index in [1.165, 1.54) is 42.3 Å². The lowest BCUT2D eigenvalue weighted by Gasteiger charge is -2.28. The van der Waals surface area contributed by atoms with Crippen molar-refractivity contribution in [2.24, 2.45) is 4.99 Å². The smallest absolute Gasteiger partial charge is 0.160 e. The summed E-state index contributed by atoms with van der Waals surface area (Å²) < 4.78 is 0. The number of hydrogen-bond donors (Lipinski definition) is 0. The summed E-state index contributed by atoms with van der Waals surface area (Å²) in [5.74, 6) is 0. The van der Waals surface area contributed by atoms with E-state index in [1.807, 2.05) is 24.0 Å². The van der Waals surface area contributed by atoms with Gasteiger partial charge in [-0.15, -0.1) is 0 Å². The van der Waals surface area contributed by atoms with Crippen LogP contribution in [0.5, 0.6) is 0 Å². The van der Waals surface area contributed by atoms with Crippen molar-refractivity contribution in [3.05, 3.63) is 59.9 Å². The average Bonchev–Trinajstić information content (AvgIpc) is 3.38. The lowest BCUT2D eigenvalue weighted by Crippen LogP contribution is -2.28. The van der Waals surface area contributed by atoms with Crippen molar-refractivity contribution in [1.82, 2.24) is 9.88 Å². The molecule has 3 aliphatic rings.